The number of benzene rings is 1. The second-order valence-electron chi connectivity index (χ2n) is 8.03. The number of Topliss-reactive ketones (excluding diaryl/α,β-unsaturated/α-hetero) is 1. The molecule has 4 rings (SSSR count). The monoisotopic (exact) mass is 517 g/mol. The zero-order valence-corrected chi connectivity index (χ0v) is 20.5. The lowest BCUT2D eigenvalue weighted by Gasteiger charge is -2.26. The minimum atomic E-state index is -0.658. The van der Waals surface area contributed by atoms with Gasteiger partial charge in [0.05, 0.1) is 17.7 Å². The van der Waals surface area contributed by atoms with E-state index in [0.717, 1.165) is 20.3 Å². The number of aliphatic hydroxyl groups is 1. The van der Waals surface area contributed by atoms with Crippen LogP contribution < -0.4 is 0 Å². The third kappa shape index (κ3) is 4.27. The summed E-state index contributed by atoms with van der Waals surface area (Å²) < 4.78 is 12.2. The largest absolute Gasteiger partial charge is 0.503 e. The smallest absolute Gasteiger partial charge is 0.290 e. The Bertz CT molecular complexity index is 1210. The fourth-order valence-corrected chi connectivity index (χ4v) is 5.29. The quantitative estimate of drug-likeness (QED) is 0.294. The molecule has 1 unspecified atom stereocenters. The molecule has 0 bridgehead atoms. The number of ketones is 1. The van der Waals surface area contributed by atoms with Gasteiger partial charge in [0.1, 0.15) is 5.58 Å². The first-order valence-corrected chi connectivity index (χ1v) is 12.1. The number of carbonyl (C=O) groups excluding carboxylic acids is 2. The zero-order valence-electron chi connectivity index (χ0n) is 18.1. The van der Waals surface area contributed by atoms with Crippen molar-refractivity contribution in [3.63, 3.8) is 0 Å². The van der Waals surface area contributed by atoms with Crippen LogP contribution in [-0.4, -0.2) is 41.0 Å². The third-order valence-corrected chi connectivity index (χ3v) is 6.96. The van der Waals surface area contributed by atoms with E-state index in [-0.39, 0.29) is 17.4 Å². The molecule has 3 aromatic rings. The number of thiophene rings is 1. The van der Waals surface area contributed by atoms with Crippen LogP contribution in [0.3, 0.4) is 0 Å². The molecule has 2 aromatic heterocycles. The highest BCUT2D eigenvalue weighted by atomic mass is 79.9. The molecule has 1 atom stereocenters. The molecule has 32 heavy (non-hydrogen) atoms. The summed E-state index contributed by atoms with van der Waals surface area (Å²) in [7, 11) is 0. The number of amides is 1. The summed E-state index contributed by atoms with van der Waals surface area (Å²) in [5.41, 5.74) is 1.58. The van der Waals surface area contributed by atoms with Gasteiger partial charge in [-0.3, -0.25) is 9.59 Å². The Hall–Kier alpha value is -2.42. The van der Waals surface area contributed by atoms with Crippen molar-refractivity contribution < 1.29 is 23.8 Å². The summed E-state index contributed by atoms with van der Waals surface area (Å²) in [4.78, 5) is 28.9. The number of hydrogen-bond acceptors (Lipinski definition) is 6. The van der Waals surface area contributed by atoms with Crippen molar-refractivity contribution in [1.82, 2.24) is 4.90 Å². The molecule has 1 N–H and O–H groups in total. The average molecular weight is 518 g/mol. The van der Waals surface area contributed by atoms with Crippen LogP contribution in [0.1, 0.15) is 47.3 Å². The molecular weight excluding hydrogens is 494 g/mol. The van der Waals surface area contributed by atoms with Crippen LogP contribution >= 0.6 is 27.3 Å². The van der Waals surface area contributed by atoms with Gasteiger partial charge in [-0.1, -0.05) is 15.9 Å². The molecule has 3 heterocycles. The van der Waals surface area contributed by atoms with Crippen LogP contribution in [0.5, 0.6) is 0 Å². The number of furan rings is 1. The highest BCUT2D eigenvalue weighted by Gasteiger charge is 2.45. The maximum absolute atomic E-state index is 13.5. The van der Waals surface area contributed by atoms with Crippen molar-refractivity contribution in [3.8, 4) is 0 Å². The normalized spacial score (nSPS) is 16.7. The van der Waals surface area contributed by atoms with Crippen molar-refractivity contribution in [1.29, 1.82) is 0 Å². The standard InChI is InChI=1S/C24H24BrNO5S/c1-13(2)30-9-4-8-26-20(23-14(3)7-10-32-23)19(22(28)24(26)29)21(27)18-12-15-11-16(25)5-6-17(15)31-18/h5-7,10-13,20,28H,4,8-9H2,1-3H3. The molecule has 1 aliphatic heterocycles. The predicted octanol–water partition coefficient (Wildman–Crippen LogP) is 5.96. The van der Waals surface area contributed by atoms with Gasteiger partial charge in [-0.05, 0) is 68.5 Å². The SMILES string of the molecule is Cc1ccsc1C1C(C(=O)c2cc3cc(Br)ccc3o2)=C(O)C(=O)N1CCCOC(C)C. The Morgan fingerprint density at radius 2 is 2.09 bits per heavy atom. The first-order chi connectivity index (χ1) is 15.3. The Kier molecular flexibility index (Phi) is 6.55. The fraction of sp³-hybridized carbons (Fsp3) is 0.333. The van der Waals surface area contributed by atoms with Crippen LogP contribution in [0.25, 0.3) is 11.0 Å². The topological polar surface area (TPSA) is 80.0 Å². The van der Waals surface area contributed by atoms with E-state index in [1.54, 1.807) is 17.0 Å². The predicted molar refractivity (Wildman–Crippen MR) is 127 cm³/mol. The zero-order chi connectivity index (χ0) is 23.0. The summed E-state index contributed by atoms with van der Waals surface area (Å²) >= 11 is 4.88. The van der Waals surface area contributed by atoms with Gasteiger partial charge < -0.3 is 19.2 Å². The maximum atomic E-state index is 13.5. The van der Waals surface area contributed by atoms with E-state index < -0.39 is 23.5 Å². The second kappa shape index (κ2) is 9.21. The summed E-state index contributed by atoms with van der Waals surface area (Å²) in [6.07, 6.45) is 0.689. The summed E-state index contributed by atoms with van der Waals surface area (Å²) in [6, 6.07) is 8.38. The molecule has 0 radical (unpaired) electrons. The van der Waals surface area contributed by atoms with Gasteiger partial charge in [-0.15, -0.1) is 11.3 Å². The molecule has 6 nitrogen and oxygen atoms in total. The Morgan fingerprint density at radius 1 is 1.31 bits per heavy atom. The Balaban J connectivity index is 1.70. The molecule has 0 saturated heterocycles. The van der Waals surface area contributed by atoms with Gasteiger partial charge in [0.2, 0.25) is 5.78 Å². The lowest BCUT2D eigenvalue weighted by Crippen LogP contribution is -2.32. The lowest BCUT2D eigenvalue weighted by atomic mass is 9.98. The molecule has 1 aromatic carbocycles. The van der Waals surface area contributed by atoms with Crippen molar-refractivity contribution in [3.05, 3.63) is 67.7 Å². The molecule has 0 saturated carbocycles. The summed E-state index contributed by atoms with van der Waals surface area (Å²) in [5, 5.41) is 13.5. The van der Waals surface area contributed by atoms with Crippen LogP contribution in [0, 0.1) is 6.92 Å². The number of rotatable bonds is 8. The van der Waals surface area contributed by atoms with Gasteiger partial charge in [-0.25, -0.2) is 0 Å². The van der Waals surface area contributed by atoms with E-state index in [9.17, 15) is 14.7 Å². The number of halogens is 1. The molecular formula is C24H24BrNO5S. The third-order valence-electron chi connectivity index (χ3n) is 5.40. The molecule has 0 spiro atoms. The number of fused-ring (bicyclic) bond motifs is 1. The molecule has 0 aliphatic carbocycles. The van der Waals surface area contributed by atoms with Crippen molar-refractivity contribution in [2.45, 2.75) is 39.3 Å². The molecule has 1 aliphatic rings. The van der Waals surface area contributed by atoms with E-state index in [2.05, 4.69) is 15.9 Å². The fourth-order valence-electron chi connectivity index (χ4n) is 3.87. The first kappa shape index (κ1) is 22.8. The van der Waals surface area contributed by atoms with Crippen molar-refractivity contribution in [2.24, 2.45) is 0 Å². The second-order valence-corrected chi connectivity index (χ2v) is 9.89. The molecule has 1 amide bonds. The minimum Gasteiger partial charge on any atom is -0.503 e. The molecule has 8 heteroatoms. The number of hydrogen-bond donors (Lipinski definition) is 1. The van der Waals surface area contributed by atoms with Gasteiger partial charge in [0.25, 0.3) is 5.91 Å². The number of aryl methyl sites for hydroxylation is 1. The number of nitrogens with zero attached hydrogens (tertiary/aromatic N) is 1. The molecule has 0 fully saturated rings. The van der Waals surface area contributed by atoms with E-state index in [4.69, 9.17) is 9.15 Å². The lowest BCUT2D eigenvalue weighted by molar-refractivity contribution is -0.129. The van der Waals surface area contributed by atoms with Crippen molar-refractivity contribution >= 4 is 49.9 Å². The average Bonchev–Trinajstić information content (AvgIpc) is 3.42. The molecule has 168 valence electrons. The number of aliphatic hydroxyl groups excluding tert-OH is 1. The van der Waals surface area contributed by atoms with E-state index in [1.807, 2.05) is 44.4 Å². The minimum absolute atomic E-state index is 0.0587. The van der Waals surface area contributed by atoms with E-state index in [0.29, 0.717) is 25.2 Å². The van der Waals surface area contributed by atoms with Crippen LogP contribution in [0.4, 0.5) is 0 Å². The number of ether oxygens (including phenoxy) is 1. The summed E-state index contributed by atoms with van der Waals surface area (Å²) in [6.45, 7) is 6.69. The Labute approximate surface area is 198 Å². The maximum Gasteiger partial charge on any atom is 0.290 e. The highest BCUT2D eigenvalue weighted by Crippen LogP contribution is 2.42. The van der Waals surface area contributed by atoms with Crippen LogP contribution in [0.15, 0.2) is 55.9 Å². The number of carbonyl (C=O) groups is 2. The van der Waals surface area contributed by atoms with E-state index >= 15 is 0 Å². The van der Waals surface area contributed by atoms with E-state index in [1.165, 1.54) is 11.3 Å². The highest BCUT2D eigenvalue weighted by molar-refractivity contribution is 9.10. The van der Waals surface area contributed by atoms with Gasteiger partial charge in [0, 0.05) is 27.9 Å². The van der Waals surface area contributed by atoms with Gasteiger partial charge >= 0.3 is 0 Å². The van der Waals surface area contributed by atoms with Gasteiger partial charge in [-0.2, -0.15) is 0 Å². The Morgan fingerprint density at radius 3 is 2.78 bits per heavy atom. The van der Waals surface area contributed by atoms with Crippen LogP contribution in [-0.2, 0) is 9.53 Å². The first-order valence-electron chi connectivity index (χ1n) is 10.4. The summed E-state index contributed by atoms with van der Waals surface area (Å²) in [5.74, 6) is -1.45. The van der Waals surface area contributed by atoms with Crippen LogP contribution in [0.2, 0.25) is 0 Å². The van der Waals surface area contributed by atoms with Gasteiger partial charge in [0.15, 0.2) is 11.5 Å². The van der Waals surface area contributed by atoms with Crippen molar-refractivity contribution in [2.75, 3.05) is 13.2 Å².